The lowest BCUT2D eigenvalue weighted by Gasteiger charge is -2.20. The molecule has 1 fully saturated rings. The molecule has 7 nitrogen and oxygen atoms in total. The Kier molecular flexibility index (Phi) is 2.59. The van der Waals surface area contributed by atoms with Crippen LogP contribution < -0.4 is 5.32 Å². The minimum atomic E-state index is -0.362. The molecule has 1 atom stereocenters. The van der Waals surface area contributed by atoms with Gasteiger partial charge in [-0.2, -0.15) is 0 Å². The number of aldehydes is 1. The third kappa shape index (κ3) is 1.99. The third-order valence-electron chi connectivity index (χ3n) is 3.12. The number of nitrogens with zero attached hydrogens (tertiary/aromatic N) is 3. The molecule has 0 aromatic carbocycles. The zero-order valence-electron chi connectivity index (χ0n) is 9.87. The molecule has 0 saturated carbocycles. The molecule has 2 aromatic rings. The second-order valence-corrected chi connectivity index (χ2v) is 4.35. The predicted molar refractivity (Wildman–Crippen MR) is 63.5 cm³/mol. The molecule has 3 rings (SSSR count). The van der Waals surface area contributed by atoms with E-state index in [0.29, 0.717) is 24.8 Å². The molecule has 7 heteroatoms. The lowest BCUT2D eigenvalue weighted by molar-refractivity contribution is -0.134. The van der Waals surface area contributed by atoms with Gasteiger partial charge in [0, 0.05) is 12.6 Å². The highest BCUT2D eigenvalue weighted by atomic mass is 16.2. The van der Waals surface area contributed by atoms with Crippen LogP contribution in [-0.4, -0.2) is 32.7 Å². The van der Waals surface area contributed by atoms with Gasteiger partial charge in [0.25, 0.3) is 0 Å². The fourth-order valence-electron chi connectivity index (χ4n) is 2.19. The molecule has 96 valence electrons. The average molecular weight is 258 g/mol. The Morgan fingerprint density at radius 3 is 3.00 bits per heavy atom. The van der Waals surface area contributed by atoms with Crippen molar-refractivity contribution in [2.75, 3.05) is 0 Å². The number of pyridine rings is 1. The normalized spacial score (nSPS) is 19.5. The maximum atomic E-state index is 11.8. The SMILES string of the molecule is O=Cc1nc2cc(C3CCC(=O)NC3=O)ccn2n1. The quantitative estimate of drug-likeness (QED) is 0.607. The van der Waals surface area contributed by atoms with Crippen LogP contribution >= 0.6 is 0 Å². The molecule has 0 radical (unpaired) electrons. The molecule has 1 aliphatic rings. The zero-order chi connectivity index (χ0) is 13.4. The largest absolute Gasteiger partial charge is 0.296 e. The molecular formula is C12H10N4O3. The minimum Gasteiger partial charge on any atom is -0.296 e. The lowest BCUT2D eigenvalue weighted by atomic mass is 9.91. The van der Waals surface area contributed by atoms with Gasteiger partial charge in [-0.15, -0.1) is 5.10 Å². The number of nitrogens with one attached hydrogen (secondary N) is 1. The number of imide groups is 1. The summed E-state index contributed by atoms with van der Waals surface area (Å²) in [5.74, 6) is -0.803. The first kappa shape index (κ1) is 11.5. The fraction of sp³-hybridized carbons (Fsp3) is 0.250. The molecule has 0 aliphatic carbocycles. The van der Waals surface area contributed by atoms with E-state index in [9.17, 15) is 14.4 Å². The van der Waals surface area contributed by atoms with Crippen molar-refractivity contribution in [3.63, 3.8) is 0 Å². The summed E-state index contributed by atoms with van der Waals surface area (Å²) < 4.78 is 1.47. The molecule has 1 saturated heterocycles. The van der Waals surface area contributed by atoms with E-state index >= 15 is 0 Å². The standard InChI is InChI=1S/C12H10N4O3/c17-6-9-13-10-5-7(3-4-16(10)15-9)8-1-2-11(18)14-12(8)19/h3-6,8H,1-2H2,(H,14,18,19). The van der Waals surface area contributed by atoms with E-state index in [1.807, 2.05) is 0 Å². The van der Waals surface area contributed by atoms with E-state index in [4.69, 9.17) is 0 Å². The van der Waals surface area contributed by atoms with Gasteiger partial charge in [0.15, 0.2) is 11.9 Å². The first-order chi connectivity index (χ1) is 9.17. The predicted octanol–water partition coefficient (Wildman–Crippen LogP) is 0.0620. The van der Waals surface area contributed by atoms with E-state index in [0.717, 1.165) is 5.56 Å². The summed E-state index contributed by atoms with van der Waals surface area (Å²) in [6, 6.07) is 3.45. The number of aromatic nitrogens is 3. The van der Waals surface area contributed by atoms with Crippen LogP contribution in [0.2, 0.25) is 0 Å². The number of hydrogen-bond acceptors (Lipinski definition) is 5. The summed E-state index contributed by atoms with van der Waals surface area (Å²) in [4.78, 5) is 37.5. The van der Waals surface area contributed by atoms with Crippen molar-refractivity contribution >= 4 is 23.7 Å². The van der Waals surface area contributed by atoms with Gasteiger partial charge in [0.05, 0.1) is 5.92 Å². The Bertz CT molecular complexity index is 691. The Morgan fingerprint density at radius 1 is 1.42 bits per heavy atom. The van der Waals surface area contributed by atoms with Gasteiger partial charge in [-0.05, 0) is 24.1 Å². The summed E-state index contributed by atoms with van der Waals surface area (Å²) >= 11 is 0. The molecule has 0 bridgehead atoms. The van der Waals surface area contributed by atoms with Crippen LogP contribution in [-0.2, 0) is 9.59 Å². The van der Waals surface area contributed by atoms with Crippen LogP contribution in [0.15, 0.2) is 18.3 Å². The molecule has 2 amide bonds. The van der Waals surface area contributed by atoms with Crippen molar-refractivity contribution in [3.05, 3.63) is 29.7 Å². The second kappa shape index (κ2) is 4.27. The van der Waals surface area contributed by atoms with Crippen molar-refractivity contribution in [2.45, 2.75) is 18.8 Å². The number of hydrogen-bond donors (Lipinski definition) is 1. The van der Waals surface area contributed by atoms with Crippen molar-refractivity contribution in [3.8, 4) is 0 Å². The highest BCUT2D eigenvalue weighted by Crippen LogP contribution is 2.25. The highest BCUT2D eigenvalue weighted by molar-refractivity contribution is 6.01. The molecule has 0 spiro atoms. The molecule has 1 unspecified atom stereocenters. The Balaban J connectivity index is 1.98. The van der Waals surface area contributed by atoms with Gasteiger partial charge >= 0.3 is 0 Å². The summed E-state index contributed by atoms with van der Waals surface area (Å²) in [5.41, 5.74) is 1.27. The molecule has 1 aliphatic heterocycles. The number of amides is 2. The first-order valence-electron chi connectivity index (χ1n) is 5.82. The van der Waals surface area contributed by atoms with Gasteiger partial charge in [-0.25, -0.2) is 9.50 Å². The van der Waals surface area contributed by atoms with Crippen LogP contribution in [0.25, 0.3) is 5.65 Å². The fourth-order valence-corrected chi connectivity index (χ4v) is 2.19. The molecule has 1 N–H and O–H groups in total. The number of fused-ring (bicyclic) bond motifs is 1. The maximum Gasteiger partial charge on any atom is 0.234 e. The summed E-state index contributed by atoms with van der Waals surface area (Å²) in [6.45, 7) is 0. The van der Waals surface area contributed by atoms with Crippen LogP contribution in [0, 0.1) is 0 Å². The third-order valence-corrected chi connectivity index (χ3v) is 3.12. The van der Waals surface area contributed by atoms with Crippen LogP contribution in [0.4, 0.5) is 0 Å². The van der Waals surface area contributed by atoms with Crippen LogP contribution in [0.5, 0.6) is 0 Å². The average Bonchev–Trinajstić information content (AvgIpc) is 2.80. The lowest BCUT2D eigenvalue weighted by Crippen LogP contribution is -2.39. The molecule has 2 aromatic heterocycles. The van der Waals surface area contributed by atoms with Crippen molar-refractivity contribution < 1.29 is 14.4 Å². The van der Waals surface area contributed by atoms with Crippen molar-refractivity contribution in [2.24, 2.45) is 0 Å². The summed E-state index contributed by atoms with van der Waals surface area (Å²) in [5, 5.41) is 6.25. The maximum absolute atomic E-state index is 11.8. The monoisotopic (exact) mass is 258 g/mol. The van der Waals surface area contributed by atoms with E-state index < -0.39 is 0 Å². The first-order valence-corrected chi connectivity index (χ1v) is 5.82. The molecular weight excluding hydrogens is 248 g/mol. The molecule has 19 heavy (non-hydrogen) atoms. The number of piperidine rings is 1. The highest BCUT2D eigenvalue weighted by Gasteiger charge is 2.28. The Labute approximate surface area is 107 Å². The Morgan fingerprint density at radius 2 is 2.26 bits per heavy atom. The van der Waals surface area contributed by atoms with E-state index in [1.165, 1.54) is 4.52 Å². The molecule has 3 heterocycles. The second-order valence-electron chi connectivity index (χ2n) is 4.35. The smallest absolute Gasteiger partial charge is 0.234 e. The van der Waals surface area contributed by atoms with Crippen molar-refractivity contribution in [1.82, 2.24) is 19.9 Å². The Hall–Kier alpha value is -2.57. The number of carbonyl (C=O) groups excluding carboxylic acids is 3. The van der Waals surface area contributed by atoms with E-state index in [-0.39, 0.29) is 23.6 Å². The minimum absolute atomic E-state index is 0.0976. The topological polar surface area (TPSA) is 93.4 Å². The number of carbonyl (C=O) groups is 3. The summed E-state index contributed by atoms with van der Waals surface area (Å²) in [6.07, 6.45) is 3.02. The van der Waals surface area contributed by atoms with Gasteiger partial charge < -0.3 is 0 Å². The zero-order valence-corrected chi connectivity index (χ0v) is 9.87. The van der Waals surface area contributed by atoms with Crippen LogP contribution in [0.1, 0.15) is 34.9 Å². The van der Waals surface area contributed by atoms with Gasteiger partial charge in [-0.3, -0.25) is 19.7 Å². The van der Waals surface area contributed by atoms with Gasteiger partial charge in [-0.1, -0.05) is 0 Å². The van der Waals surface area contributed by atoms with Gasteiger partial charge in [0.2, 0.25) is 17.6 Å². The number of rotatable bonds is 2. The van der Waals surface area contributed by atoms with E-state index in [1.54, 1.807) is 18.3 Å². The van der Waals surface area contributed by atoms with E-state index in [2.05, 4.69) is 15.4 Å². The van der Waals surface area contributed by atoms with Crippen molar-refractivity contribution in [1.29, 1.82) is 0 Å². The summed E-state index contributed by atoms with van der Waals surface area (Å²) in [7, 11) is 0. The van der Waals surface area contributed by atoms with Gasteiger partial charge in [0.1, 0.15) is 0 Å². The van der Waals surface area contributed by atoms with Crippen LogP contribution in [0.3, 0.4) is 0 Å².